The van der Waals surface area contributed by atoms with Crippen LogP contribution in [0.5, 0.6) is 0 Å². The number of aryl methyl sites for hydroxylation is 1. The Balaban J connectivity index is 2.77. The molecule has 0 aliphatic carbocycles. The molecule has 0 fully saturated rings. The van der Waals surface area contributed by atoms with Gasteiger partial charge >= 0.3 is 5.97 Å². The van der Waals surface area contributed by atoms with Gasteiger partial charge in [0.2, 0.25) is 10.0 Å². The standard InChI is InChI=1S/C13H19NO4S2/c1-10-5-6-11(9-12(10)13(15)16)20(17,18)14-7-3-4-8-19-2/h5-6,9,14H,3-4,7-8H2,1-2H3,(H,15,16). The zero-order valence-corrected chi connectivity index (χ0v) is 13.2. The monoisotopic (exact) mass is 317 g/mol. The molecule has 20 heavy (non-hydrogen) atoms. The van der Waals surface area contributed by atoms with Crippen LogP contribution in [0.4, 0.5) is 0 Å². The molecule has 0 aliphatic heterocycles. The van der Waals surface area contributed by atoms with Gasteiger partial charge in [-0.05, 0) is 49.5 Å². The second kappa shape index (κ2) is 7.66. The fourth-order valence-electron chi connectivity index (χ4n) is 1.66. The topological polar surface area (TPSA) is 83.5 Å². The average Bonchev–Trinajstić information content (AvgIpc) is 2.38. The van der Waals surface area contributed by atoms with Crippen molar-refractivity contribution in [2.45, 2.75) is 24.7 Å². The number of hydrogen-bond acceptors (Lipinski definition) is 4. The number of unbranched alkanes of at least 4 members (excludes halogenated alkanes) is 1. The van der Waals surface area contributed by atoms with Gasteiger partial charge in [0.25, 0.3) is 0 Å². The van der Waals surface area contributed by atoms with Crippen LogP contribution < -0.4 is 4.72 Å². The van der Waals surface area contributed by atoms with Gasteiger partial charge in [0.1, 0.15) is 0 Å². The Hall–Kier alpha value is -1.05. The molecule has 0 saturated heterocycles. The number of carboxylic acid groups (broad SMARTS) is 1. The zero-order chi connectivity index (χ0) is 15.2. The summed E-state index contributed by atoms with van der Waals surface area (Å²) in [7, 11) is -3.64. The lowest BCUT2D eigenvalue weighted by Crippen LogP contribution is -2.25. The van der Waals surface area contributed by atoms with E-state index >= 15 is 0 Å². The number of carboxylic acids is 1. The van der Waals surface area contributed by atoms with Gasteiger partial charge in [-0.25, -0.2) is 17.9 Å². The van der Waals surface area contributed by atoms with Crippen molar-refractivity contribution in [3.05, 3.63) is 29.3 Å². The molecule has 112 valence electrons. The molecule has 0 aromatic heterocycles. The highest BCUT2D eigenvalue weighted by Gasteiger charge is 2.17. The van der Waals surface area contributed by atoms with Crippen LogP contribution in [-0.2, 0) is 10.0 Å². The molecule has 0 heterocycles. The summed E-state index contributed by atoms with van der Waals surface area (Å²) in [5.74, 6) is -0.130. The van der Waals surface area contributed by atoms with Crippen LogP contribution in [0.3, 0.4) is 0 Å². The Bertz CT molecular complexity index is 570. The Morgan fingerprint density at radius 2 is 2.05 bits per heavy atom. The number of hydrogen-bond donors (Lipinski definition) is 2. The number of aromatic carboxylic acids is 1. The molecule has 0 radical (unpaired) electrons. The third-order valence-electron chi connectivity index (χ3n) is 2.82. The molecular weight excluding hydrogens is 298 g/mol. The summed E-state index contributed by atoms with van der Waals surface area (Å²) in [4.78, 5) is 11.0. The summed E-state index contributed by atoms with van der Waals surface area (Å²) >= 11 is 1.72. The van der Waals surface area contributed by atoms with E-state index in [1.165, 1.54) is 18.2 Å². The number of carbonyl (C=O) groups is 1. The Morgan fingerprint density at radius 1 is 1.35 bits per heavy atom. The summed E-state index contributed by atoms with van der Waals surface area (Å²) in [5.41, 5.74) is 0.548. The smallest absolute Gasteiger partial charge is 0.335 e. The van der Waals surface area contributed by atoms with E-state index in [-0.39, 0.29) is 10.5 Å². The molecule has 0 spiro atoms. The lowest BCUT2D eigenvalue weighted by Gasteiger charge is -2.08. The summed E-state index contributed by atoms with van der Waals surface area (Å²) in [6.45, 7) is 1.99. The molecule has 0 amide bonds. The maximum absolute atomic E-state index is 12.0. The summed E-state index contributed by atoms with van der Waals surface area (Å²) in [6.07, 6.45) is 3.71. The summed E-state index contributed by atoms with van der Waals surface area (Å²) in [5, 5.41) is 9.01. The van der Waals surface area contributed by atoms with Crippen LogP contribution in [0.25, 0.3) is 0 Å². The third-order valence-corrected chi connectivity index (χ3v) is 4.97. The summed E-state index contributed by atoms with van der Waals surface area (Å²) in [6, 6.07) is 4.12. The molecule has 0 atom stereocenters. The molecule has 1 aromatic carbocycles. The second-order valence-corrected chi connectivity index (χ2v) is 7.13. The van der Waals surface area contributed by atoms with E-state index in [4.69, 9.17) is 5.11 Å². The molecule has 0 aliphatic rings. The van der Waals surface area contributed by atoms with Gasteiger partial charge in [-0.1, -0.05) is 6.07 Å². The Morgan fingerprint density at radius 3 is 2.65 bits per heavy atom. The van der Waals surface area contributed by atoms with Gasteiger partial charge in [-0.3, -0.25) is 0 Å². The van der Waals surface area contributed by atoms with Gasteiger partial charge in [0.05, 0.1) is 10.5 Å². The van der Waals surface area contributed by atoms with E-state index in [9.17, 15) is 13.2 Å². The highest BCUT2D eigenvalue weighted by Crippen LogP contribution is 2.15. The van der Waals surface area contributed by atoms with Gasteiger partial charge in [0.15, 0.2) is 0 Å². The maximum atomic E-state index is 12.0. The van der Waals surface area contributed by atoms with Gasteiger partial charge in [-0.2, -0.15) is 11.8 Å². The second-order valence-electron chi connectivity index (χ2n) is 4.38. The molecule has 0 bridgehead atoms. The maximum Gasteiger partial charge on any atom is 0.335 e. The predicted octanol–water partition coefficient (Wildman–Crippen LogP) is 2.11. The minimum absolute atomic E-state index is 0.00892. The van der Waals surface area contributed by atoms with Crippen LogP contribution in [0, 0.1) is 6.92 Å². The van der Waals surface area contributed by atoms with Crippen molar-refractivity contribution in [2.24, 2.45) is 0 Å². The van der Waals surface area contributed by atoms with E-state index in [0.717, 1.165) is 18.6 Å². The number of thioether (sulfide) groups is 1. The summed E-state index contributed by atoms with van der Waals surface area (Å²) < 4.78 is 26.6. The lowest BCUT2D eigenvalue weighted by molar-refractivity contribution is 0.0696. The lowest BCUT2D eigenvalue weighted by atomic mass is 10.1. The van der Waals surface area contributed by atoms with Crippen LogP contribution in [-0.4, -0.2) is 38.0 Å². The molecule has 1 aromatic rings. The minimum atomic E-state index is -3.64. The van der Waals surface area contributed by atoms with Crippen LogP contribution in [0.1, 0.15) is 28.8 Å². The van der Waals surface area contributed by atoms with E-state index in [1.807, 2.05) is 6.26 Å². The third kappa shape index (κ3) is 4.81. The molecule has 7 heteroatoms. The van der Waals surface area contributed by atoms with Crippen molar-refractivity contribution in [3.63, 3.8) is 0 Å². The molecule has 1 rings (SSSR count). The van der Waals surface area contributed by atoms with Gasteiger partial charge in [-0.15, -0.1) is 0 Å². The van der Waals surface area contributed by atoms with E-state index in [2.05, 4.69) is 4.72 Å². The first-order valence-electron chi connectivity index (χ1n) is 6.21. The van der Waals surface area contributed by atoms with E-state index in [1.54, 1.807) is 18.7 Å². The SMILES string of the molecule is CSCCCCNS(=O)(=O)c1ccc(C)c(C(=O)O)c1. The van der Waals surface area contributed by atoms with Crippen LogP contribution in [0.15, 0.2) is 23.1 Å². The van der Waals surface area contributed by atoms with Crippen molar-refractivity contribution in [1.29, 1.82) is 0 Å². The highest BCUT2D eigenvalue weighted by atomic mass is 32.2. The largest absolute Gasteiger partial charge is 0.478 e. The predicted molar refractivity (Wildman–Crippen MR) is 80.9 cm³/mol. The fraction of sp³-hybridized carbons (Fsp3) is 0.462. The number of rotatable bonds is 8. The normalized spacial score (nSPS) is 11.5. The first kappa shape index (κ1) is 17.0. The molecular formula is C13H19NO4S2. The van der Waals surface area contributed by atoms with Crippen molar-refractivity contribution in [3.8, 4) is 0 Å². The van der Waals surface area contributed by atoms with Crippen molar-refractivity contribution >= 4 is 27.8 Å². The van der Waals surface area contributed by atoms with Gasteiger partial charge in [0, 0.05) is 6.54 Å². The molecule has 2 N–H and O–H groups in total. The minimum Gasteiger partial charge on any atom is -0.478 e. The quantitative estimate of drug-likeness (QED) is 0.718. The van der Waals surface area contributed by atoms with Gasteiger partial charge < -0.3 is 5.11 Å². The highest BCUT2D eigenvalue weighted by molar-refractivity contribution is 7.98. The molecule has 5 nitrogen and oxygen atoms in total. The van der Waals surface area contributed by atoms with E-state index in [0.29, 0.717) is 12.1 Å². The first-order valence-corrected chi connectivity index (χ1v) is 9.08. The van der Waals surface area contributed by atoms with Crippen LogP contribution >= 0.6 is 11.8 Å². The zero-order valence-electron chi connectivity index (χ0n) is 11.5. The van der Waals surface area contributed by atoms with Crippen molar-refractivity contribution in [2.75, 3.05) is 18.6 Å². The first-order chi connectivity index (χ1) is 9.38. The average molecular weight is 317 g/mol. The van der Waals surface area contributed by atoms with Crippen molar-refractivity contribution < 1.29 is 18.3 Å². The number of sulfonamides is 1. The Kier molecular flexibility index (Phi) is 6.51. The Labute approximate surface area is 123 Å². The fourth-order valence-corrected chi connectivity index (χ4v) is 3.25. The van der Waals surface area contributed by atoms with Crippen molar-refractivity contribution in [1.82, 2.24) is 4.72 Å². The molecule has 0 saturated carbocycles. The number of benzene rings is 1. The van der Waals surface area contributed by atoms with Crippen LogP contribution in [0.2, 0.25) is 0 Å². The number of nitrogens with one attached hydrogen (secondary N) is 1. The van der Waals surface area contributed by atoms with E-state index < -0.39 is 16.0 Å². The molecule has 0 unspecified atom stereocenters.